The third-order valence-electron chi connectivity index (χ3n) is 4.49. The van der Waals surface area contributed by atoms with Crippen LogP contribution >= 0.6 is 0 Å². The molecule has 5 heteroatoms. The highest BCUT2D eigenvalue weighted by atomic mass is 16.5. The van der Waals surface area contributed by atoms with Crippen LogP contribution in [0.4, 0.5) is 0 Å². The molecule has 0 heterocycles. The summed E-state index contributed by atoms with van der Waals surface area (Å²) in [5, 5.41) is 5.55. The van der Waals surface area contributed by atoms with Crippen LogP contribution in [0.1, 0.15) is 38.2 Å². The molecule has 2 rings (SSSR count). The van der Waals surface area contributed by atoms with Crippen molar-refractivity contribution in [3.63, 3.8) is 0 Å². The normalized spacial score (nSPS) is 20.6. The third kappa shape index (κ3) is 5.27. The monoisotopic (exact) mass is 318 g/mol. The number of hydrogen-bond donors (Lipinski definition) is 2. The van der Waals surface area contributed by atoms with Gasteiger partial charge in [-0.3, -0.25) is 9.59 Å². The fourth-order valence-electron chi connectivity index (χ4n) is 2.96. The zero-order valence-electron chi connectivity index (χ0n) is 13.9. The quantitative estimate of drug-likeness (QED) is 0.817. The molecule has 1 saturated carbocycles. The van der Waals surface area contributed by atoms with Gasteiger partial charge in [-0.1, -0.05) is 31.9 Å². The summed E-state index contributed by atoms with van der Waals surface area (Å²) in [6.07, 6.45) is 5.09. The van der Waals surface area contributed by atoms with Crippen LogP contribution in [0.3, 0.4) is 0 Å². The molecular weight excluding hydrogens is 292 g/mol. The zero-order chi connectivity index (χ0) is 16.7. The fourth-order valence-corrected chi connectivity index (χ4v) is 2.96. The number of nitrogens with one attached hydrogen (secondary N) is 2. The lowest BCUT2D eigenvalue weighted by molar-refractivity contribution is -0.139. The van der Waals surface area contributed by atoms with Gasteiger partial charge in [-0.25, -0.2) is 0 Å². The third-order valence-corrected chi connectivity index (χ3v) is 4.49. The van der Waals surface area contributed by atoms with Crippen LogP contribution in [0.5, 0.6) is 5.75 Å². The lowest BCUT2D eigenvalue weighted by Gasteiger charge is -2.29. The van der Waals surface area contributed by atoms with Gasteiger partial charge in [0.05, 0.1) is 7.11 Å². The molecule has 0 spiro atoms. The first kappa shape index (κ1) is 17.3. The first-order valence-electron chi connectivity index (χ1n) is 8.31. The molecule has 1 fully saturated rings. The minimum absolute atomic E-state index is 0.128. The van der Waals surface area contributed by atoms with E-state index in [9.17, 15) is 9.59 Å². The van der Waals surface area contributed by atoms with Crippen LogP contribution in [0.25, 0.3) is 0 Å². The van der Waals surface area contributed by atoms with Crippen LogP contribution in [0.2, 0.25) is 0 Å². The van der Waals surface area contributed by atoms with Gasteiger partial charge in [0.25, 0.3) is 0 Å². The molecule has 1 aromatic rings. The minimum atomic E-state index is -0.545. The Balaban J connectivity index is 1.71. The first-order chi connectivity index (χ1) is 11.1. The zero-order valence-corrected chi connectivity index (χ0v) is 13.9. The second-order valence-electron chi connectivity index (χ2n) is 6.20. The average Bonchev–Trinajstić information content (AvgIpc) is 2.57. The summed E-state index contributed by atoms with van der Waals surface area (Å²) >= 11 is 0. The van der Waals surface area contributed by atoms with Crippen molar-refractivity contribution >= 4 is 11.8 Å². The van der Waals surface area contributed by atoms with Crippen molar-refractivity contribution in [1.82, 2.24) is 10.6 Å². The Hall–Kier alpha value is -2.04. The summed E-state index contributed by atoms with van der Waals surface area (Å²) in [4.78, 5) is 23.8. The topological polar surface area (TPSA) is 67.4 Å². The number of carbonyl (C=O) groups is 2. The van der Waals surface area contributed by atoms with E-state index in [0.29, 0.717) is 18.9 Å². The number of carbonyl (C=O) groups excluding carboxylic acids is 2. The van der Waals surface area contributed by atoms with Crippen molar-refractivity contribution in [3.8, 4) is 5.75 Å². The van der Waals surface area contributed by atoms with E-state index in [4.69, 9.17) is 4.74 Å². The van der Waals surface area contributed by atoms with Crippen molar-refractivity contribution in [2.45, 2.75) is 45.1 Å². The Bertz CT molecular complexity index is 528. The van der Waals surface area contributed by atoms with E-state index in [1.165, 1.54) is 6.42 Å². The van der Waals surface area contributed by atoms with E-state index < -0.39 is 11.8 Å². The lowest BCUT2D eigenvalue weighted by atomic mass is 9.86. The van der Waals surface area contributed by atoms with Gasteiger partial charge in [0.15, 0.2) is 0 Å². The van der Waals surface area contributed by atoms with Crippen molar-refractivity contribution in [1.29, 1.82) is 0 Å². The second kappa shape index (κ2) is 8.56. The second-order valence-corrected chi connectivity index (χ2v) is 6.20. The molecule has 126 valence electrons. The molecule has 1 aromatic carbocycles. The van der Waals surface area contributed by atoms with E-state index in [0.717, 1.165) is 30.6 Å². The largest absolute Gasteiger partial charge is 0.497 e. The van der Waals surface area contributed by atoms with E-state index in [1.807, 2.05) is 24.3 Å². The number of hydrogen-bond acceptors (Lipinski definition) is 3. The summed E-state index contributed by atoms with van der Waals surface area (Å²) in [5.41, 5.74) is 1.09. The van der Waals surface area contributed by atoms with E-state index in [2.05, 4.69) is 17.6 Å². The molecule has 0 aliphatic heterocycles. The van der Waals surface area contributed by atoms with Crippen LogP contribution in [0.15, 0.2) is 24.3 Å². The summed E-state index contributed by atoms with van der Waals surface area (Å²) in [7, 11) is 1.63. The van der Waals surface area contributed by atoms with Crippen LogP contribution in [-0.2, 0) is 16.0 Å². The molecule has 0 unspecified atom stereocenters. The fraction of sp³-hybridized carbons (Fsp3) is 0.556. The lowest BCUT2D eigenvalue weighted by Crippen LogP contribution is -2.48. The van der Waals surface area contributed by atoms with E-state index in [-0.39, 0.29) is 6.04 Å². The molecule has 0 radical (unpaired) electrons. The first-order valence-corrected chi connectivity index (χ1v) is 8.31. The maximum absolute atomic E-state index is 11.9. The van der Waals surface area contributed by atoms with Gasteiger partial charge in [-0.2, -0.15) is 0 Å². The smallest absolute Gasteiger partial charge is 0.309 e. The Morgan fingerprint density at radius 3 is 2.48 bits per heavy atom. The highest BCUT2D eigenvalue weighted by molar-refractivity contribution is 6.35. The maximum atomic E-state index is 11.9. The van der Waals surface area contributed by atoms with Gasteiger partial charge >= 0.3 is 11.8 Å². The Labute approximate surface area is 137 Å². The Morgan fingerprint density at radius 2 is 1.83 bits per heavy atom. The number of amides is 2. The van der Waals surface area contributed by atoms with Gasteiger partial charge in [0.2, 0.25) is 0 Å². The SMILES string of the molecule is COc1ccc(CCNC(=O)C(=O)N[C@@H]2CCCC[C@@H]2C)cc1. The summed E-state index contributed by atoms with van der Waals surface area (Å²) in [5.74, 6) is 0.188. The summed E-state index contributed by atoms with van der Waals surface area (Å²) < 4.78 is 5.10. The van der Waals surface area contributed by atoms with Gasteiger partial charge in [0.1, 0.15) is 5.75 Å². The van der Waals surface area contributed by atoms with Gasteiger partial charge in [0, 0.05) is 12.6 Å². The molecule has 0 bridgehead atoms. The molecule has 23 heavy (non-hydrogen) atoms. The standard InChI is InChI=1S/C18H26N2O3/c1-13-5-3-4-6-16(13)20-18(22)17(21)19-12-11-14-7-9-15(23-2)10-8-14/h7-10,13,16H,3-6,11-12H2,1-2H3,(H,19,21)(H,20,22)/t13-,16+/m0/s1. The highest BCUT2D eigenvalue weighted by Crippen LogP contribution is 2.23. The van der Waals surface area contributed by atoms with Crippen LogP contribution < -0.4 is 15.4 Å². The van der Waals surface area contributed by atoms with Crippen LogP contribution in [-0.4, -0.2) is 31.5 Å². The average molecular weight is 318 g/mol. The van der Waals surface area contributed by atoms with E-state index in [1.54, 1.807) is 7.11 Å². The highest BCUT2D eigenvalue weighted by Gasteiger charge is 2.25. The number of benzene rings is 1. The van der Waals surface area contributed by atoms with Gasteiger partial charge < -0.3 is 15.4 Å². The van der Waals surface area contributed by atoms with E-state index >= 15 is 0 Å². The predicted octanol–water partition coefficient (Wildman–Crippen LogP) is 2.05. The molecule has 2 N–H and O–H groups in total. The molecule has 1 aliphatic carbocycles. The number of ether oxygens (including phenoxy) is 1. The van der Waals surface area contributed by atoms with Crippen molar-refractivity contribution in [2.24, 2.45) is 5.92 Å². The summed E-state index contributed by atoms with van der Waals surface area (Å²) in [6, 6.07) is 7.80. The molecule has 5 nitrogen and oxygen atoms in total. The molecule has 0 aromatic heterocycles. The van der Waals surface area contributed by atoms with Gasteiger partial charge in [-0.05, 0) is 42.9 Å². The Kier molecular flexibility index (Phi) is 6.44. The molecule has 2 amide bonds. The summed E-state index contributed by atoms with van der Waals surface area (Å²) in [6.45, 7) is 2.57. The van der Waals surface area contributed by atoms with Crippen molar-refractivity contribution in [3.05, 3.63) is 29.8 Å². The van der Waals surface area contributed by atoms with Gasteiger partial charge in [-0.15, -0.1) is 0 Å². The Morgan fingerprint density at radius 1 is 1.13 bits per heavy atom. The minimum Gasteiger partial charge on any atom is -0.497 e. The molecule has 2 atom stereocenters. The molecular formula is C18H26N2O3. The number of rotatable bonds is 5. The maximum Gasteiger partial charge on any atom is 0.309 e. The number of methoxy groups -OCH3 is 1. The van der Waals surface area contributed by atoms with Crippen molar-refractivity contribution in [2.75, 3.05) is 13.7 Å². The van der Waals surface area contributed by atoms with Crippen LogP contribution in [0, 0.1) is 5.92 Å². The predicted molar refractivity (Wildman–Crippen MR) is 89.3 cm³/mol. The molecule has 1 aliphatic rings. The van der Waals surface area contributed by atoms with Crippen molar-refractivity contribution < 1.29 is 14.3 Å². The molecule has 0 saturated heterocycles.